The van der Waals surface area contributed by atoms with E-state index in [1.807, 2.05) is 0 Å². The summed E-state index contributed by atoms with van der Waals surface area (Å²) in [7, 11) is 0. The Morgan fingerprint density at radius 1 is 1.25 bits per heavy atom. The lowest BCUT2D eigenvalue weighted by Crippen LogP contribution is -2.43. The summed E-state index contributed by atoms with van der Waals surface area (Å²) in [6.45, 7) is 5.42. The summed E-state index contributed by atoms with van der Waals surface area (Å²) in [4.78, 5) is 12.4. The van der Waals surface area contributed by atoms with Gasteiger partial charge >= 0.3 is 0 Å². The molecule has 3 nitrogen and oxygen atoms in total. The van der Waals surface area contributed by atoms with E-state index in [2.05, 4.69) is 43.4 Å². The number of carbonyl (C=O) groups excluding carboxylic acids is 1. The Labute approximate surface area is 121 Å². The summed E-state index contributed by atoms with van der Waals surface area (Å²) in [6, 6.07) is 8.47. The van der Waals surface area contributed by atoms with Crippen molar-refractivity contribution in [1.29, 1.82) is 0 Å². The third-order valence-corrected chi connectivity index (χ3v) is 4.53. The van der Waals surface area contributed by atoms with Crippen molar-refractivity contribution in [2.45, 2.75) is 52.0 Å². The Morgan fingerprint density at radius 2 is 1.85 bits per heavy atom. The molecule has 2 rings (SSSR count). The maximum absolute atomic E-state index is 12.4. The highest BCUT2D eigenvalue weighted by Gasteiger charge is 2.39. The van der Waals surface area contributed by atoms with Crippen molar-refractivity contribution in [3.63, 3.8) is 0 Å². The van der Waals surface area contributed by atoms with Crippen LogP contribution in [0.3, 0.4) is 0 Å². The van der Waals surface area contributed by atoms with Crippen LogP contribution in [0, 0.1) is 5.41 Å². The monoisotopic (exact) mass is 274 g/mol. The molecule has 3 heteroatoms. The number of nitrogens with one attached hydrogen (secondary N) is 1. The van der Waals surface area contributed by atoms with Gasteiger partial charge in [0.05, 0.1) is 5.41 Å². The van der Waals surface area contributed by atoms with Gasteiger partial charge in [0.1, 0.15) is 0 Å². The van der Waals surface area contributed by atoms with Crippen molar-refractivity contribution in [2.24, 2.45) is 11.1 Å². The second-order valence-corrected chi connectivity index (χ2v) is 6.27. The van der Waals surface area contributed by atoms with Gasteiger partial charge in [0.25, 0.3) is 0 Å². The number of amides is 1. The summed E-state index contributed by atoms with van der Waals surface area (Å²) in [5.74, 6) is 0.670. The molecule has 1 fully saturated rings. The average molecular weight is 274 g/mol. The first-order valence-electron chi connectivity index (χ1n) is 7.64. The maximum atomic E-state index is 12.4. The second-order valence-electron chi connectivity index (χ2n) is 6.27. The van der Waals surface area contributed by atoms with E-state index in [-0.39, 0.29) is 11.3 Å². The van der Waals surface area contributed by atoms with Gasteiger partial charge in [0.15, 0.2) is 0 Å². The molecule has 0 atom stereocenters. The van der Waals surface area contributed by atoms with E-state index in [0.717, 1.165) is 31.2 Å². The van der Waals surface area contributed by atoms with Crippen molar-refractivity contribution >= 4 is 5.91 Å². The summed E-state index contributed by atoms with van der Waals surface area (Å²) in [6.07, 6.45) is 4.10. The van der Waals surface area contributed by atoms with Crippen molar-refractivity contribution in [1.82, 2.24) is 5.32 Å². The molecule has 0 heterocycles. The fourth-order valence-electron chi connectivity index (χ4n) is 2.97. The fraction of sp³-hybridized carbons (Fsp3) is 0.588. The third kappa shape index (κ3) is 3.21. The van der Waals surface area contributed by atoms with Crippen molar-refractivity contribution in [3.8, 4) is 0 Å². The lowest BCUT2D eigenvalue weighted by Gasteiger charge is -2.25. The highest BCUT2D eigenvalue weighted by atomic mass is 16.2. The SMILES string of the molecule is CC(C)c1ccc(CNC(=O)C2(CN)CCCC2)cc1. The smallest absolute Gasteiger partial charge is 0.227 e. The third-order valence-electron chi connectivity index (χ3n) is 4.53. The molecule has 20 heavy (non-hydrogen) atoms. The fourth-order valence-corrected chi connectivity index (χ4v) is 2.97. The average Bonchev–Trinajstić information content (AvgIpc) is 2.95. The van der Waals surface area contributed by atoms with Crippen LogP contribution in [-0.4, -0.2) is 12.5 Å². The molecule has 1 amide bonds. The Bertz CT molecular complexity index is 445. The van der Waals surface area contributed by atoms with Crippen molar-refractivity contribution < 1.29 is 4.79 Å². The Kier molecular flexibility index (Phi) is 4.81. The van der Waals surface area contributed by atoms with Gasteiger partial charge < -0.3 is 11.1 Å². The molecule has 0 unspecified atom stereocenters. The summed E-state index contributed by atoms with van der Waals surface area (Å²) in [5, 5.41) is 3.06. The minimum Gasteiger partial charge on any atom is -0.352 e. The minimum atomic E-state index is -0.308. The molecule has 1 aromatic carbocycles. The largest absolute Gasteiger partial charge is 0.352 e. The van der Waals surface area contributed by atoms with Gasteiger partial charge in [-0.05, 0) is 29.9 Å². The molecule has 1 aliphatic carbocycles. The van der Waals surface area contributed by atoms with Gasteiger partial charge in [-0.3, -0.25) is 4.79 Å². The Hall–Kier alpha value is -1.35. The highest BCUT2D eigenvalue weighted by Crippen LogP contribution is 2.37. The van der Waals surface area contributed by atoms with Crippen LogP contribution in [0.5, 0.6) is 0 Å². The topological polar surface area (TPSA) is 55.1 Å². The molecule has 0 spiro atoms. The van der Waals surface area contributed by atoms with E-state index in [1.165, 1.54) is 5.56 Å². The lowest BCUT2D eigenvalue weighted by atomic mass is 9.85. The number of nitrogens with two attached hydrogens (primary N) is 1. The van der Waals surface area contributed by atoms with Crippen molar-refractivity contribution in [3.05, 3.63) is 35.4 Å². The number of benzene rings is 1. The summed E-state index contributed by atoms with van der Waals surface area (Å²) < 4.78 is 0. The Morgan fingerprint density at radius 3 is 2.35 bits per heavy atom. The molecule has 0 bridgehead atoms. The predicted molar refractivity (Wildman–Crippen MR) is 82.3 cm³/mol. The van der Waals surface area contributed by atoms with Gasteiger partial charge in [0.2, 0.25) is 5.91 Å². The van der Waals surface area contributed by atoms with E-state index in [0.29, 0.717) is 19.0 Å². The van der Waals surface area contributed by atoms with Crippen LogP contribution in [0.1, 0.15) is 56.6 Å². The molecule has 1 aliphatic rings. The van der Waals surface area contributed by atoms with Gasteiger partial charge in [-0.15, -0.1) is 0 Å². The molecular formula is C17H26N2O. The summed E-state index contributed by atoms with van der Waals surface area (Å²) in [5.41, 5.74) is 8.00. The van der Waals surface area contributed by atoms with Crippen LogP contribution in [0.15, 0.2) is 24.3 Å². The molecule has 3 N–H and O–H groups in total. The van der Waals surface area contributed by atoms with Gasteiger partial charge in [-0.1, -0.05) is 51.0 Å². The number of hydrogen-bond donors (Lipinski definition) is 2. The minimum absolute atomic E-state index is 0.130. The zero-order chi connectivity index (χ0) is 14.6. The van der Waals surface area contributed by atoms with E-state index >= 15 is 0 Å². The van der Waals surface area contributed by atoms with Crippen LogP contribution in [-0.2, 0) is 11.3 Å². The van der Waals surface area contributed by atoms with Crippen LogP contribution in [0.25, 0.3) is 0 Å². The molecule has 1 saturated carbocycles. The Balaban J connectivity index is 1.93. The quantitative estimate of drug-likeness (QED) is 0.867. The van der Waals surface area contributed by atoms with Crippen LogP contribution in [0.4, 0.5) is 0 Å². The summed E-state index contributed by atoms with van der Waals surface area (Å²) >= 11 is 0. The van der Waals surface area contributed by atoms with Crippen LogP contribution in [0.2, 0.25) is 0 Å². The van der Waals surface area contributed by atoms with E-state index in [4.69, 9.17) is 5.73 Å². The van der Waals surface area contributed by atoms with Crippen LogP contribution < -0.4 is 11.1 Å². The van der Waals surface area contributed by atoms with Crippen LogP contribution >= 0.6 is 0 Å². The molecule has 110 valence electrons. The van der Waals surface area contributed by atoms with Crippen molar-refractivity contribution in [2.75, 3.05) is 6.54 Å². The maximum Gasteiger partial charge on any atom is 0.227 e. The van der Waals surface area contributed by atoms with Gasteiger partial charge in [-0.2, -0.15) is 0 Å². The van der Waals surface area contributed by atoms with Gasteiger partial charge in [0, 0.05) is 13.1 Å². The molecular weight excluding hydrogens is 248 g/mol. The lowest BCUT2D eigenvalue weighted by molar-refractivity contribution is -0.130. The zero-order valence-corrected chi connectivity index (χ0v) is 12.6. The molecule has 0 radical (unpaired) electrons. The first-order valence-corrected chi connectivity index (χ1v) is 7.64. The second kappa shape index (κ2) is 6.40. The molecule has 0 aromatic heterocycles. The number of rotatable bonds is 5. The molecule has 0 saturated heterocycles. The van der Waals surface area contributed by atoms with Gasteiger partial charge in [-0.25, -0.2) is 0 Å². The highest BCUT2D eigenvalue weighted by molar-refractivity contribution is 5.83. The normalized spacial score (nSPS) is 17.4. The zero-order valence-electron chi connectivity index (χ0n) is 12.6. The molecule has 0 aliphatic heterocycles. The number of carbonyl (C=O) groups is 1. The first-order chi connectivity index (χ1) is 9.57. The first kappa shape index (κ1) is 15.0. The van der Waals surface area contributed by atoms with E-state index in [9.17, 15) is 4.79 Å². The van der Waals surface area contributed by atoms with E-state index in [1.54, 1.807) is 0 Å². The van der Waals surface area contributed by atoms with E-state index < -0.39 is 0 Å². The number of hydrogen-bond acceptors (Lipinski definition) is 2. The molecule has 1 aromatic rings. The predicted octanol–water partition coefficient (Wildman–Crippen LogP) is 2.95. The standard InChI is InChI=1S/C17H26N2O/c1-13(2)15-7-5-14(6-8-15)11-19-16(20)17(12-18)9-3-4-10-17/h5-8,13H,3-4,9-12,18H2,1-2H3,(H,19,20).